The summed E-state index contributed by atoms with van der Waals surface area (Å²) in [5, 5.41) is 5.19. The van der Waals surface area contributed by atoms with E-state index in [1.165, 1.54) is 0 Å². The van der Waals surface area contributed by atoms with Crippen LogP contribution in [0.4, 0.5) is 5.69 Å². The zero-order chi connectivity index (χ0) is 16.1. The van der Waals surface area contributed by atoms with Gasteiger partial charge in [-0.25, -0.2) is 4.98 Å². The number of hydrogen-bond donors (Lipinski definition) is 3. The smallest absolute Gasteiger partial charge is 0.313 e. The fourth-order valence-corrected chi connectivity index (χ4v) is 2.25. The first-order valence-corrected chi connectivity index (χ1v) is 7.28. The van der Waals surface area contributed by atoms with Gasteiger partial charge in [-0.05, 0) is 30.2 Å². The third-order valence-corrected chi connectivity index (χ3v) is 3.43. The lowest BCUT2D eigenvalue weighted by Gasteiger charge is -2.06. The van der Waals surface area contributed by atoms with E-state index >= 15 is 0 Å². The number of nitrogens with one attached hydrogen (secondary N) is 3. The number of aromatic nitrogens is 2. The maximum absolute atomic E-state index is 11.9. The van der Waals surface area contributed by atoms with Crippen molar-refractivity contribution in [3.05, 3.63) is 60.4 Å². The molecule has 1 aromatic heterocycles. The minimum Gasteiger partial charge on any atom is -0.347 e. The summed E-state index contributed by atoms with van der Waals surface area (Å²) in [6, 6.07) is 15.0. The van der Waals surface area contributed by atoms with Crippen LogP contribution in [0.5, 0.6) is 0 Å². The van der Waals surface area contributed by atoms with Crippen LogP contribution in [0.3, 0.4) is 0 Å². The van der Waals surface area contributed by atoms with E-state index in [9.17, 15) is 9.59 Å². The first-order valence-electron chi connectivity index (χ1n) is 7.28. The number of imidazole rings is 1. The molecule has 0 saturated heterocycles. The average molecular weight is 308 g/mol. The quantitative estimate of drug-likeness (QED) is 0.643. The lowest BCUT2D eigenvalue weighted by molar-refractivity contribution is -0.136. The Hall–Kier alpha value is -3.15. The van der Waals surface area contributed by atoms with Crippen LogP contribution >= 0.6 is 0 Å². The Morgan fingerprint density at radius 3 is 2.70 bits per heavy atom. The second-order valence-corrected chi connectivity index (χ2v) is 5.08. The van der Waals surface area contributed by atoms with E-state index in [1.54, 1.807) is 24.5 Å². The zero-order valence-corrected chi connectivity index (χ0v) is 12.4. The van der Waals surface area contributed by atoms with Crippen LogP contribution in [-0.2, 0) is 16.0 Å². The normalized spacial score (nSPS) is 10.4. The number of H-pyrrole nitrogens is 1. The van der Waals surface area contributed by atoms with Crippen molar-refractivity contribution in [3.63, 3.8) is 0 Å². The Kier molecular flexibility index (Phi) is 4.33. The van der Waals surface area contributed by atoms with E-state index in [2.05, 4.69) is 20.6 Å². The molecule has 0 aliphatic heterocycles. The molecule has 116 valence electrons. The Morgan fingerprint density at radius 2 is 1.87 bits per heavy atom. The number of benzene rings is 2. The number of fused-ring (bicyclic) bond motifs is 1. The molecule has 3 N–H and O–H groups in total. The third-order valence-electron chi connectivity index (χ3n) is 3.43. The Bertz CT molecular complexity index is 827. The molecule has 2 aromatic carbocycles. The molecule has 0 unspecified atom stereocenters. The molecular weight excluding hydrogens is 292 g/mol. The minimum atomic E-state index is -0.683. The van der Waals surface area contributed by atoms with Crippen molar-refractivity contribution in [2.45, 2.75) is 6.42 Å². The molecule has 1 heterocycles. The molecule has 2 amide bonds. The molecule has 0 aliphatic rings. The van der Waals surface area contributed by atoms with Gasteiger partial charge in [0.05, 0.1) is 17.4 Å². The summed E-state index contributed by atoms with van der Waals surface area (Å²) < 4.78 is 0. The monoisotopic (exact) mass is 308 g/mol. The maximum atomic E-state index is 11.9. The molecule has 6 heteroatoms. The molecule has 0 atom stereocenters. The van der Waals surface area contributed by atoms with Crippen LogP contribution in [0.25, 0.3) is 11.0 Å². The minimum absolute atomic E-state index is 0.413. The van der Waals surface area contributed by atoms with Crippen molar-refractivity contribution in [1.82, 2.24) is 15.3 Å². The van der Waals surface area contributed by atoms with Gasteiger partial charge in [0.1, 0.15) is 0 Å². The molecule has 6 nitrogen and oxygen atoms in total. The lowest BCUT2D eigenvalue weighted by atomic mass is 10.1. The van der Waals surface area contributed by atoms with Crippen LogP contribution in [0.1, 0.15) is 5.56 Å². The van der Waals surface area contributed by atoms with E-state index in [1.807, 2.05) is 30.3 Å². The van der Waals surface area contributed by atoms with Gasteiger partial charge >= 0.3 is 11.8 Å². The van der Waals surface area contributed by atoms with Gasteiger partial charge in [-0.1, -0.05) is 30.3 Å². The topological polar surface area (TPSA) is 86.9 Å². The molecule has 0 aliphatic carbocycles. The largest absolute Gasteiger partial charge is 0.347 e. The molecule has 0 saturated carbocycles. The standard InChI is InChI=1S/C17H16N4O2/c22-16(18-9-8-12-4-2-1-3-5-12)17(23)21-13-6-7-14-15(10-13)20-11-19-14/h1-7,10-11H,8-9H2,(H,18,22)(H,19,20)(H,21,23). The Balaban J connectivity index is 1.52. The van der Waals surface area contributed by atoms with Crippen LogP contribution in [0, 0.1) is 0 Å². The van der Waals surface area contributed by atoms with Crippen molar-refractivity contribution in [2.75, 3.05) is 11.9 Å². The Labute approximate surface area is 132 Å². The second kappa shape index (κ2) is 6.74. The van der Waals surface area contributed by atoms with Gasteiger partial charge in [0.25, 0.3) is 0 Å². The van der Waals surface area contributed by atoms with E-state index in [0.29, 0.717) is 18.7 Å². The van der Waals surface area contributed by atoms with Crippen molar-refractivity contribution in [2.24, 2.45) is 0 Å². The van der Waals surface area contributed by atoms with Crippen molar-refractivity contribution < 1.29 is 9.59 Å². The number of amides is 2. The molecule has 3 aromatic rings. The summed E-state index contributed by atoms with van der Waals surface area (Å²) in [6.07, 6.45) is 2.26. The van der Waals surface area contributed by atoms with Crippen LogP contribution in [0.2, 0.25) is 0 Å². The van der Waals surface area contributed by atoms with Gasteiger partial charge in [0, 0.05) is 12.2 Å². The van der Waals surface area contributed by atoms with E-state index < -0.39 is 11.8 Å². The summed E-state index contributed by atoms with van der Waals surface area (Å²) in [5.41, 5.74) is 3.26. The predicted octanol–water partition coefficient (Wildman–Crippen LogP) is 1.86. The van der Waals surface area contributed by atoms with Gasteiger partial charge in [0.15, 0.2) is 0 Å². The number of rotatable bonds is 4. The highest BCUT2D eigenvalue weighted by Crippen LogP contribution is 2.15. The zero-order valence-electron chi connectivity index (χ0n) is 12.4. The molecule has 0 spiro atoms. The van der Waals surface area contributed by atoms with Crippen molar-refractivity contribution in [1.29, 1.82) is 0 Å². The summed E-state index contributed by atoms with van der Waals surface area (Å²) in [4.78, 5) is 30.7. The molecule has 3 rings (SSSR count). The summed E-state index contributed by atoms with van der Waals surface area (Å²) in [7, 11) is 0. The second-order valence-electron chi connectivity index (χ2n) is 5.08. The SMILES string of the molecule is O=C(NCCc1ccccc1)C(=O)Nc1ccc2nc[nH]c2c1. The van der Waals surface area contributed by atoms with Gasteiger partial charge in [-0.3, -0.25) is 9.59 Å². The van der Waals surface area contributed by atoms with Gasteiger partial charge in [-0.15, -0.1) is 0 Å². The number of carbonyl (C=O) groups is 2. The number of aromatic amines is 1. The highest BCUT2D eigenvalue weighted by atomic mass is 16.2. The first-order chi connectivity index (χ1) is 11.2. The van der Waals surface area contributed by atoms with Crippen LogP contribution in [0.15, 0.2) is 54.9 Å². The summed E-state index contributed by atoms with van der Waals surface area (Å²) in [6.45, 7) is 0.413. The van der Waals surface area contributed by atoms with Gasteiger partial charge in [-0.2, -0.15) is 0 Å². The molecule has 23 heavy (non-hydrogen) atoms. The van der Waals surface area contributed by atoms with Crippen LogP contribution in [-0.4, -0.2) is 28.3 Å². The number of anilines is 1. The Morgan fingerprint density at radius 1 is 1.04 bits per heavy atom. The number of hydrogen-bond acceptors (Lipinski definition) is 3. The first kappa shape index (κ1) is 14.8. The van der Waals surface area contributed by atoms with Gasteiger partial charge < -0.3 is 15.6 Å². The number of nitrogens with zero attached hydrogens (tertiary/aromatic N) is 1. The highest BCUT2D eigenvalue weighted by Gasteiger charge is 2.13. The summed E-state index contributed by atoms with van der Waals surface area (Å²) in [5.74, 6) is -1.33. The van der Waals surface area contributed by atoms with Crippen molar-refractivity contribution >= 4 is 28.5 Å². The predicted molar refractivity (Wildman–Crippen MR) is 87.9 cm³/mol. The molecular formula is C17H16N4O2. The fraction of sp³-hybridized carbons (Fsp3) is 0.118. The maximum Gasteiger partial charge on any atom is 0.313 e. The summed E-state index contributed by atoms with van der Waals surface area (Å²) >= 11 is 0. The molecule has 0 bridgehead atoms. The molecule has 0 fully saturated rings. The average Bonchev–Trinajstić information content (AvgIpc) is 3.03. The van der Waals surface area contributed by atoms with E-state index in [4.69, 9.17) is 0 Å². The lowest BCUT2D eigenvalue weighted by Crippen LogP contribution is -2.36. The number of carbonyl (C=O) groups excluding carboxylic acids is 2. The van der Waals surface area contributed by atoms with Crippen molar-refractivity contribution in [3.8, 4) is 0 Å². The van der Waals surface area contributed by atoms with Gasteiger partial charge in [0.2, 0.25) is 0 Å². The van der Waals surface area contributed by atoms with Crippen LogP contribution < -0.4 is 10.6 Å². The third kappa shape index (κ3) is 3.74. The fourth-order valence-electron chi connectivity index (χ4n) is 2.25. The highest BCUT2D eigenvalue weighted by molar-refractivity contribution is 6.39. The van der Waals surface area contributed by atoms with E-state index in [0.717, 1.165) is 16.6 Å². The molecule has 0 radical (unpaired) electrons. The van der Waals surface area contributed by atoms with E-state index in [-0.39, 0.29) is 0 Å².